The van der Waals surface area contributed by atoms with Crippen molar-refractivity contribution in [3.63, 3.8) is 0 Å². The third kappa shape index (κ3) is 13.8. The van der Waals surface area contributed by atoms with Gasteiger partial charge < -0.3 is 24.4 Å². The van der Waals surface area contributed by atoms with Gasteiger partial charge in [-0.3, -0.25) is 19.7 Å². The minimum Gasteiger partial charge on any atom is -0.465 e. The molecular formula is C30H49N3O7S2. The van der Waals surface area contributed by atoms with Crippen LogP contribution in [0.5, 0.6) is 0 Å². The van der Waals surface area contributed by atoms with Gasteiger partial charge in [0.2, 0.25) is 5.91 Å². The van der Waals surface area contributed by atoms with Crippen LogP contribution in [0.1, 0.15) is 90.7 Å². The number of esters is 2. The Labute approximate surface area is 259 Å². The van der Waals surface area contributed by atoms with Gasteiger partial charge in [-0.05, 0) is 72.8 Å². The summed E-state index contributed by atoms with van der Waals surface area (Å²) in [4.78, 5) is 53.8. The highest BCUT2D eigenvalue weighted by atomic mass is 32.2. The van der Waals surface area contributed by atoms with E-state index < -0.39 is 35.3 Å². The number of nitrogens with zero attached hydrogens (tertiary/aromatic N) is 1. The lowest BCUT2D eigenvalue weighted by molar-refractivity contribution is -0.159. The molecule has 1 fully saturated rings. The summed E-state index contributed by atoms with van der Waals surface area (Å²) in [6.07, 6.45) is 3.34. The zero-order valence-electron chi connectivity index (χ0n) is 26.2. The normalized spacial score (nSPS) is 18.6. The Bertz CT molecular complexity index is 1010. The van der Waals surface area contributed by atoms with Crippen molar-refractivity contribution in [1.82, 2.24) is 15.5 Å². The third-order valence-electron chi connectivity index (χ3n) is 6.12. The van der Waals surface area contributed by atoms with Gasteiger partial charge in [-0.1, -0.05) is 25.3 Å². The number of rotatable bonds is 14. The van der Waals surface area contributed by atoms with Crippen molar-refractivity contribution in [2.24, 2.45) is 0 Å². The summed E-state index contributed by atoms with van der Waals surface area (Å²) in [5.74, 6) is -0.623. The van der Waals surface area contributed by atoms with Crippen LogP contribution in [-0.2, 0) is 28.6 Å². The van der Waals surface area contributed by atoms with Crippen LogP contribution in [0.15, 0.2) is 17.5 Å². The van der Waals surface area contributed by atoms with Gasteiger partial charge in [0.25, 0.3) is 0 Å². The zero-order valence-corrected chi connectivity index (χ0v) is 27.8. The Kier molecular flexibility index (Phi) is 14.6. The molecule has 1 aromatic rings. The predicted octanol–water partition coefficient (Wildman–Crippen LogP) is 5.07. The van der Waals surface area contributed by atoms with Gasteiger partial charge in [0.15, 0.2) is 0 Å². The largest absolute Gasteiger partial charge is 0.465 e. The quantitative estimate of drug-likeness (QED) is 0.165. The summed E-state index contributed by atoms with van der Waals surface area (Å²) in [6.45, 7) is 13.6. The average molecular weight is 628 g/mol. The van der Waals surface area contributed by atoms with Gasteiger partial charge in [-0.2, -0.15) is 0 Å². The number of amides is 2. The fraction of sp³-hybridized carbons (Fsp3) is 0.733. The molecule has 0 bridgehead atoms. The molecule has 238 valence electrons. The number of alkyl carbamates (subject to hydrolysis) is 1. The molecule has 2 unspecified atom stereocenters. The summed E-state index contributed by atoms with van der Waals surface area (Å²) in [5.41, 5.74) is -1.19. The second kappa shape index (κ2) is 17.1. The number of thiophene rings is 1. The molecule has 2 amide bonds. The first kappa shape index (κ1) is 35.9. The molecule has 10 nitrogen and oxygen atoms in total. The van der Waals surface area contributed by atoms with Crippen LogP contribution in [0, 0.1) is 0 Å². The first-order chi connectivity index (χ1) is 19.7. The predicted molar refractivity (Wildman–Crippen MR) is 167 cm³/mol. The molecule has 1 aliphatic heterocycles. The Morgan fingerprint density at radius 3 is 2.36 bits per heavy atom. The lowest BCUT2D eigenvalue weighted by atomic mass is 10.1. The SMILES string of the molecule is CCOC(=O)[C@H](CCCCCCNC(=O)OC(C)(C)C)NC1CSC(c2cccs2)CN(CC(=O)OC(C)(C)C)C1=O. The van der Waals surface area contributed by atoms with E-state index in [0.717, 1.165) is 30.6 Å². The van der Waals surface area contributed by atoms with E-state index in [9.17, 15) is 19.2 Å². The summed E-state index contributed by atoms with van der Waals surface area (Å²) >= 11 is 3.26. The molecule has 42 heavy (non-hydrogen) atoms. The summed E-state index contributed by atoms with van der Waals surface area (Å²) < 4.78 is 16.1. The van der Waals surface area contributed by atoms with E-state index in [0.29, 0.717) is 25.3 Å². The highest BCUT2D eigenvalue weighted by molar-refractivity contribution is 7.99. The van der Waals surface area contributed by atoms with Crippen LogP contribution >= 0.6 is 23.1 Å². The molecule has 12 heteroatoms. The molecule has 0 spiro atoms. The lowest BCUT2D eigenvalue weighted by Crippen LogP contribution is -2.54. The first-order valence-corrected chi connectivity index (χ1v) is 16.7. The molecule has 0 aliphatic carbocycles. The maximum absolute atomic E-state index is 13.7. The van der Waals surface area contributed by atoms with E-state index in [4.69, 9.17) is 14.2 Å². The maximum Gasteiger partial charge on any atom is 0.407 e. The lowest BCUT2D eigenvalue weighted by Gasteiger charge is -2.28. The number of unbranched alkanes of at least 4 members (excludes halogenated alkanes) is 3. The Hall–Kier alpha value is -2.31. The van der Waals surface area contributed by atoms with Gasteiger partial charge in [0.1, 0.15) is 23.8 Å². The van der Waals surface area contributed by atoms with E-state index >= 15 is 0 Å². The molecule has 0 saturated carbocycles. The van der Waals surface area contributed by atoms with E-state index in [-0.39, 0.29) is 30.3 Å². The number of hydrogen-bond donors (Lipinski definition) is 2. The monoisotopic (exact) mass is 627 g/mol. The molecule has 0 aromatic carbocycles. The van der Waals surface area contributed by atoms with Gasteiger partial charge >= 0.3 is 18.0 Å². The Balaban J connectivity index is 2.00. The smallest absolute Gasteiger partial charge is 0.407 e. The maximum atomic E-state index is 13.7. The number of nitrogens with one attached hydrogen (secondary N) is 2. The molecule has 0 radical (unpaired) electrons. The van der Waals surface area contributed by atoms with E-state index in [1.54, 1.807) is 55.7 Å². The number of ether oxygens (including phenoxy) is 3. The molecule has 3 atom stereocenters. The second-order valence-corrected chi connectivity index (χ2v) is 14.5. The van der Waals surface area contributed by atoms with Crippen molar-refractivity contribution in [3.05, 3.63) is 22.4 Å². The Morgan fingerprint density at radius 1 is 1.05 bits per heavy atom. The van der Waals surface area contributed by atoms with Crippen LogP contribution in [0.25, 0.3) is 0 Å². The molecular weight excluding hydrogens is 578 g/mol. The van der Waals surface area contributed by atoms with Gasteiger partial charge in [0.05, 0.1) is 17.9 Å². The zero-order chi connectivity index (χ0) is 31.3. The number of carbonyl (C=O) groups is 4. The fourth-order valence-corrected chi connectivity index (χ4v) is 6.63. The van der Waals surface area contributed by atoms with Crippen LogP contribution in [0.3, 0.4) is 0 Å². The number of hydrogen-bond acceptors (Lipinski definition) is 10. The third-order valence-corrected chi connectivity index (χ3v) is 8.59. The molecule has 2 rings (SSSR count). The van der Waals surface area contributed by atoms with Crippen LogP contribution in [-0.4, -0.2) is 84.1 Å². The van der Waals surface area contributed by atoms with Crippen molar-refractivity contribution in [2.75, 3.05) is 32.0 Å². The highest BCUT2D eigenvalue weighted by Crippen LogP contribution is 2.36. The molecule has 1 saturated heterocycles. The van der Waals surface area contributed by atoms with Crippen molar-refractivity contribution in [3.8, 4) is 0 Å². The second-order valence-electron chi connectivity index (χ2n) is 12.3. The van der Waals surface area contributed by atoms with Crippen molar-refractivity contribution < 1.29 is 33.4 Å². The van der Waals surface area contributed by atoms with Crippen LogP contribution in [0.4, 0.5) is 4.79 Å². The van der Waals surface area contributed by atoms with Crippen LogP contribution in [0.2, 0.25) is 0 Å². The number of carbonyl (C=O) groups excluding carboxylic acids is 4. The van der Waals surface area contributed by atoms with E-state index in [2.05, 4.69) is 10.6 Å². The average Bonchev–Trinajstić information content (AvgIpc) is 3.35. The van der Waals surface area contributed by atoms with Gasteiger partial charge in [-0.15, -0.1) is 23.1 Å². The van der Waals surface area contributed by atoms with E-state index in [1.807, 2.05) is 38.3 Å². The van der Waals surface area contributed by atoms with E-state index in [1.165, 1.54) is 0 Å². The molecule has 2 heterocycles. The van der Waals surface area contributed by atoms with Gasteiger partial charge in [0, 0.05) is 23.7 Å². The highest BCUT2D eigenvalue weighted by Gasteiger charge is 2.36. The fourth-order valence-electron chi connectivity index (χ4n) is 4.37. The van der Waals surface area contributed by atoms with Crippen molar-refractivity contribution >= 4 is 47.0 Å². The summed E-state index contributed by atoms with van der Waals surface area (Å²) in [5, 5.41) is 8.05. The van der Waals surface area contributed by atoms with Crippen LogP contribution < -0.4 is 10.6 Å². The minimum absolute atomic E-state index is 0.0125. The molecule has 2 N–H and O–H groups in total. The first-order valence-electron chi connectivity index (χ1n) is 14.7. The molecule has 1 aromatic heterocycles. The number of thioether (sulfide) groups is 1. The summed E-state index contributed by atoms with van der Waals surface area (Å²) in [7, 11) is 0. The van der Waals surface area contributed by atoms with Gasteiger partial charge in [-0.25, -0.2) is 4.79 Å². The minimum atomic E-state index is -0.660. The van der Waals surface area contributed by atoms with Crippen molar-refractivity contribution in [1.29, 1.82) is 0 Å². The summed E-state index contributed by atoms with van der Waals surface area (Å²) in [6, 6.07) is 2.71. The molecule has 1 aliphatic rings. The standard InChI is InChI=1S/C30H49N3O7S2/c1-8-38-27(36)21(14-11-9-10-12-16-31-28(37)40-30(5,6)7)32-22-20-42-24(23-15-13-17-41-23)18-33(26(22)35)19-25(34)39-29(2,3)4/h13,15,17,21-22,24,32H,8-12,14,16,18-20H2,1-7H3,(H,31,37)/t21-,22?,24?/m0/s1. The van der Waals surface area contributed by atoms with Crippen molar-refractivity contribution in [2.45, 2.75) is 109 Å². The topological polar surface area (TPSA) is 123 Å². The Morgan fingerprint density at radius 2 is 1.74 bits per heavy atom.